The van der Waals surface area contributed by atoms with Gasteiger partial charge in [-0.2, -0.15) is 0 Å². The molecule has 1 atom stereocenters. The average molecular weight is 349 g/mol. The standard InChI is InChI=1S/C16H19N3O6/c20-6-5-17-14(21)4-2-11-15(22)19(16(23)18-11)8-10-1-3-12-13(7-10)25-9-24-12/h1,3,7,11,20H,2,4-6,8-9H2,(H,17,21)(H,18,23)/t11-/m0/s1. The number of carbonyl (C=O) groups excluding carboxylic acids is 3. The molecular weight excluding hydrogens is 330 g/mol. The first-order valence-electron chi connectivity index (χ1n) is 7.96. The summed E-state index contributed by atoms with van der Waals surface area (Å²) in [6.07, 6.45) is 0.300. The Kier molecular flexibility index (Phi) is 5.03. The van der Waals surface area contributed by atoms with Crippen LogP contribution in [0.5, 0.6) is 11.5 Å². The summed E-state index contributed by atoms with van der Waals surface area (Å²) in [4.78, 5) is 37.1. The molecule has 0 spiro atoms. The number of amides is 4. The Morgan fingerprint density at radius 3 is 2.92 bits per heavy atom. The largest absolute Gasteiger partial charge is 0.454 e. The zero-order valence-corrected chi connectivity index (χ0v) is 13.5. The van der Waals surface area contributed by atoms with Crippen LogP contribution in [0.15, 0.2) is 18.2 Å². The van der Waals surface area contributed by atoms with Crippen molar-refractivity contribution in [2.75, 3.05) is 19.9 Å². The Labute approximate surface area is 143 Å². The van der Waals surface area contributed by atoms with Crippen molar-refractivity contribution in [3.63, 3.8) is 0 Å². The molecule has 0 saturated carbocycles. The third-order valence-corrected chi connectivity index (χ3v) is 3.98. The molecular formula is C16H19N3O6. The molecule has 0 unspecified atom stereocenters. The van der Waals surface area contributed by atoms with Gasteiger partial charge in [-0.1, -0.05) is 6.07 Å². The lowest BCUT2D eigenvalue weighted by Crippen LogP contribution is -2.33. The van der Waals surface area contributed by atoms with E-state index in [1.165, 1.54) is 0 Å². The van der Waals surface area contributed by atoms with Crippen molar-refractivity contribution >= 4 is 17.8 Å². The van der Waals surface area contributed by atoms with Gasteiger partial charge in [-0.3, -0.25) is 14.5 Å². The highest BCUT2D eigenvalue weighted by Gasteiger charge is 2.37. The minimum Gasteiger partial charge on any atom is -0.454 e. The van der Waals surface area contributed by atoms with Crippen LogP contribution < -0.4 is 20.1 Å². The van der Waals surface area contributed by atoms with Crippen LogP contribution in [-0.2, 0) is 16.1 Å². The minimum absolute atomic E-state index is 0.0918. The summed E-state index contributed by atoms with van der Waals surface area (Å²) in [5, 5.41) is 13.8. The Morgan fingerprint density at radius 2 is 2.12 bits per heavy atom. The molecule has 2 aliphatic rings. The monoisotopic (exact) mass is 349 g/mol. The number of hydrogen-bond acceptors (Lipinski definition) is 6. The van der Waals surface area contributed by atoms with Crippen molar-refractivity contribution in [2.24, 2.45) is 0 Å². The van der Waals surface area contributed by atoms with E-state index in [9.17, 15) is 14.4 Å². The number of aliphatic hydroxyl groups excluding tert-OH is 1. The van der Waals surface area contributed by atoms with Crippen LogP contribution in [0.3, 0.4) is 0 Å². The zero-order valence-electron chi connectivity index (χ0n) is 13.5. The molecule has 0 aliphatic carbocycles. The van der Waals surface area contributed by atoms with Gasteiger partial charge in [-0.05, 0) is 24.1 Å². The number of ether oxygens (including phenoxy) is 2. The third-order valence-electron chi connectivity index (χ3n) is 3.98. The molecule has 9 nitrogen and oxygen atoms in total. The van der Waals surface area contributed by atoms with Gasteiger partial charge in [0, 0.05) is 13.0 Å². The maximum atomic E-state index is 12.4. The van der Waals surface area contributed by atoms with Gasteiger partial charge >= 0.3 is 6.03 Å². The number of fused-ring (bicyclic) bond motifs is 1. The summed E-state index contributed by atoms with van der Waals surface area (Å²) < 4.78 is 10.5. The molecule has 0 bridgehead atoms. The minimum atomic E-state index is -0.721. The number of aliphatic hydroxyl groups is 1. The number of carbonyl (C=O) groups is 3. The third kappa shape index (κ3) is 3.82. The molecule has 2 aliphatic heterocycles. The summed E-state index contributed by atoms with van der Waals surface area (Å²) in [6, 6.07) is 4.03. The van der Waals surface area contributed by atoms with Crippen LogP contribution in [0.25, 0.3) is 0 Å². The SMILES string of the molecule is O=C(CC[C@@H]1NC(=O)N(Cc2ccc3c(c2)OCO3)C1=O)NCCO. The summed E-state index contributed by atoms with van der Waals surface area (Å²) in [5.41, 5.74) is 0.745. The summed E-state index contributed by atoms with van der Waals surface area (Å²) in [6.45, 7) is 0.297. The molecule has 1 aromatic carbocycles. The Balaban J connectivity index is 1.57. The van der Waals surface area contributed by atoms with Gasteiger partial charge in [-0.25, -0.2) is 4.79 Å². The van der Waals surface area contributed by atoms with Crippen molar-refractivity contribution in [2.45, 2.75) is 25.4 Å². The molecule has 9 heteroatoms. The molecule has 2 heterocycles. The van der Waals surface area contributed by atoms with E-state index >= 15 is 0 Å². The number of hydrogen-bond donors (Lipinski definition) is 3. The van der Waals surface area contributed by atoms with E-state index < -0.39 is 12.1 Å². The highest BCUT2D eigenvalue weighted by molar-refractivity contribution is 6.04. The van der Waals surface area contributed by atoms with E-state index in [1.54, 1.807) is 18.2 Å². The smallest absolute Gasteiger partial charge is 0.325 e. The number of benzene rings is 1. The molecule has 25 heavy (non-hydrogen) atoms. The van der Waals surface area contributed by atoms with Crippen molar-refractivity contribution in [3.8, 4) is 11.5 Å². The average Bonchev–Trinajstić information content (AvgIpc) is 3.17. The second-order valence-electron chi connectivity index (χ2n) is 5.73. The fraction of sp³-hybridized carbons (Fsp3) is 0.438. The van der Waals surface area contributed by atoms with E-state index in [0.717, 1.165) is 10.5 Å². The van der Waals surface area contributed by atoms with Crippen molar-refractivity contribution in [1.29, 1.82) is 0 Å². The van der Waals surface area contributed by atoms with Crippen LogP contribution in [0, 0.1) is 0 Å². The Hall–Kier alpha value is -2.81. The van der Waals surface area contributed by atoms with E-state index in [1.807, 2.05) is 0 Å². The number of nitrogens with zero attached hydrogens (tertiary/aromatic N) is 1. The molecule has 1 saturated heterocycles. The fourth-order valence-corrected chi connectivity index (χ4v) is 2.70. The summed E-state index contributed by atoms with van der Waals surface area (Å²) in [5.74, 6) is 0.581. The zero-order chi connectivity index (χ0) is 17.8. The second kappa shape index (κ2) is 7.39. The first-order valence-corrected chi connectivity index (χ1v) is 7.96. The van der Waals surface area contributed by atoms with Gasteiger partial charge in [-0.15, -0.1) is 0 Å². The summed E-state index contributed by atoms with van der Waals surface area (Å²) >= 11 is 0. The van der Waals surface area contributed by atoms with E-state index in [4.69, 9.17) is 14.6 Å². The van der Waals surface area contributed by atoms with Gasteiger partial charge < -0.3 is 25.2 Å². The molecule has 3 N–H and O–H groups in total. The number of urea groups is 1. The molecule has 3 rings (SSSR count). The van der Waals surface area contributed by atoms with Gasteiger partial charge in [0.25, 0.3) is 5.91 Å². The van der Waals surface area contributed by atoms with E-state index in [0.29, 0.717) is 11.5 Å². The Bertz CT molecular complexity index is 692. The molecule has 1 fully saturated rings. The quantitative estimate of drug-likeness (QED) is 0.583. The molecule has 4 amide bonds. The number of nitrogens with one attached hydrogen (secondary N) is 2. The van der Waals surface area contributed by atoms with Crippen molar-refractivity contribution in [3.05, 3.63) is 23.8 Å². The number of imide groups is 1. The van der Waals surface area contributed by atoms with Gasteiger partial charge in [0.05, 0.1) is 13.2 Å². The maximum absolute atomic E-state index is 12.4. The van der Waals surface area contributed by atoms with Crippen LogP contribution in [-0.4, -0.2) is 53.8 Å². The predicted octanol–water partition coefficient (Wildman–Crippen LogP) is -0.276. The maximum Gasteiger partial charge on any atom is 0.325 e. The molecule has 0 aromatic heterocycles. The lowest BCUT2D eigenvalue weighted by molar-refractivity contribution is -0.128. The summed E-state index contributed by atoms with van der Waals surface area (Å²) in [7, 11) is 0. The van der Waals surface area contributed by atoms with E-state index in [2.05, 4.69) is 10.6 Å². The molecule has 134 valence electrons. The van der Waals surface area contributed by atoms with Crippen molar-refractivity contribution < 1.29 is 29.0 Å². The van der Waals surface area contributed by atoms with E-state index in [-0.39, 0.29) is 51.1 Å². The van der Waals surface area contributed by atoms with Crippen LogP contribution in [0.2, 0.25) is 0 Å². The van der Waals surface area contributed by atoms with Crippen molar-refractivity contribution in [1.82, 2.24) is 15.5 Å². The fourth-order valence-electron chi connectivity index (χ4n) is 2.70. The van der Waals surface area contributed by atoms with Gasteiger partial charge in [0.1, 0.15) is 6.04 Å². The lowest BCUT2D eigenvalue weighted by Gasteiger charge is -2.13. The van der Waals surface area contributed by atoms with Crippen LogP contribution >= 0.6 is 0 Å². The lowest BCUT2D eigenvalue weighted by atomic mass is 10.1. The van der Waals surface area contributed by atoms with Crippen LogP contribution in [0.1, 0.15) is 18.4 Å². The van der Waals surface area contributed by atoms with Gasteiger partial charge in [0.15, 0.2) is 11.5 Å². The molecule has 1 aromatic rings. The Morgan fingerprint density at radius 1 is 1.32 bits per heavy atom. The van der Waals surface area contributed by atoms with Gasteiger partial charge in [0.2, 0.25) is 12.7 Å². The van der Waals surface area contributed by atoms with Crippen LogP contribution in [0.4, 0.5) is 4.79 Å². The second-order valence-corrected chi connectivity index (χ2v) is 5.73. The predicted molar refractivity (Wildman–Crippen MR) is 84.8 cm³/mol. The highest BCUT2D eigenvalue weighted by atomic mass is 16.7. The topological polar surface area (TPSA) is 117 Å². The number of rotatable bonds is 7. The highest BCUT2D eigenvalue weighted by Crippen LogP contribution is 2.33. The first kappa shape index (κ1) is 17.0. The molecule has 0 radical (unpaired) electrons. The normalized spacial score (nSPS) is 18.4. The first-order chi connectivity index (χ1) is 12.1.